The maximum atomic E-state index is 12.7. The Morgan fingerprint density at radius 1 is 1.00 bits per heavy atom. The first-order chi connectivity index (χ1) is 15.4. The van der Waals surface area contributed by atoms with Crippen LogP contribution in [0.1, 0.15) is 56.2 Å². The molecule has 2 aromatic rings. The van der Waals surface area contributed by atoms with Gasteiger partial charge in [0.2, 0.25) is 15.9 Å². The summed E-state index contributed by atoms with van der Waals surface area (Å²) in [4.78, 5) is 12.7. The molecule has 32 heavy (non-hydrogen) atoms. The van der Waals surface area contributed by atoms with Gasteiger partial charge in [-0.05, 0) is 61.9 Å². The molecule has 0 bridgehead atoms. The van der Waals surface area contributed by atoms with Crippen molar-refractivity contribution in [2.24, 2.45) is 0 Å². The van der Waals surface area contributed by atoms with Crippen molar-refractivity contribution in [2.75, 3.05) is 13.1 Å². The summed E-state index contributed by atoms with van der Waals surface area (Å²) in [5, 5.41) is 2.98. The Balaban J connectivity index is 1.49. The Bertz CT molecular complexity index is 981. The fourth-order valence-corrected chi connectivity index (χ4v) is 5.27. The zero-order valence-corrected chi connectivity index (χ0v) is 19.9. The molecule has 174 valence electrons. The maximum Gasteiger partial charge on any atom is 0.243 e. The van der Waals surface area contributed by atoms with Gasteiger partial charge in [-0.15, -0.1) is 0 Å². The molecule has 3 rings (SSSR count). The average molecular weight is 459 g/mol. The smallest absolute Gasteiger partial charge is 0.243 e. The van der Waals surface area contributed by atoms with Gasteiger partial charge in [-0.2, -0.15) is 4.31 Å². The van der Waals surface area contributed by atoms with Crippen LogP contribution in [0.5, 0.6) is 0 Å². The van der Waals surface area contributed by atoms with Crippen LogP contribution in [0.3, 0.4) is 0 Å². The van der Waals surface area contributed by atoms with Crippen LogP contribution in [0, 0.1) is 0 Å². The zero-order valence-electron chi connectivity index (χ0n) is 19.0. The number of amides is 1. The molecule has 0 radical (unpaired) electrons. The summed E-state index contributed by atoms with van der Waals surface area (Å²) >= 11 is 0. The summed E-state index contributed by atoms with van der Waals surface area (Å²) in [5.74, 6) is -0.0328. The van der Waals surface area contributed by atoms with Gasteiger partial charge in [0.15, 0.2) is 0 Å². The third kappa shape index (κ3) is 6.89. The van der Waals surface area contributed by atoms with E-state index < -0.39 is 10.0 Å². The minimum absolute atomic E-state index is 0.0328. The van der Waals surface area contributed by atoms with Crippen molar-refractivity contribution in [2.45, 2.75) is 70.1 Å². The lowest BCUT2D eigenvalue weighted by atomic mass is 10.1. The summed E-state index contributed by atoms with van der Waals surface area (Å²) in [6.07, 6.45) is 3.99. The van der Waals surface area contributed by atoms with Crippen LogP contribution >= 0.6 is 0 Å². The van der Waals surface area contributed by atoms with Crippen molar-refractivity contribution in [3.05, 3.63) is 65.2 Å². The molecule has 0 saturated carbocycles. The highest BCUT2D eigenvalue weighted by Crippen LogP contribution is 2.21. The molecular weight excluding hydrogens is 424 g/mol. The Morgan fingerprint density at radius 3 is 2.31 bits per heavy atom. The number of hydrogen-bond donors (Lipinski definition) is 1. The van der Waals surface area contributed by atoms with Crippen LogP contribution in [-0.2, 0) is 39.1 Å². The molecule has 1 aliphatic rings. The van der Waals surface area contributed by atoms with E-state index in [4.69, 9.17) is 4.74 Å². The minimum Gasteiger partial charge on any atom is -0.374 e. The number of nitrogens with one attached hydrogen (secondary N) is 1. The Hall–Kier alpha value is -2.22. The summed E-state index contributed by atoms with van der Waals surface area (Å²) in [5.41, 5.74) is 3.07. The monoisotopic (exact) mass is 458 g/mol. The van der Waals surface area contributed by atoms with Crippen molar-refractivity contribution < 1.29 is 17.9 Å². The fourth-order valence-electron chi connectivity index (χ4n) is 3.75. The Labute approximate surface area is 192 Å². The number of carbonyl (C=O) groups is 1. The van der Waals surface area contributed by atoms with Gasteiger partial charge in [-0.3, -0.25) is 4.79 Å². The van der Waals surface area contributed by atoms with E-state index in [1.807, 2.05) is 50.2 Å². The molecule has 1 heterocycles. The third-order valence-electron chi connectivity index (χ3n) is 5.68. The second kappa shape index (κ2) is 11.6. The SMILES string of the molecule is CC(C)OCc1ccccc1CNC(=O)CCc1ccc(S(=O)(=O)N2CCCCC2)cc1. The molecule has 0 aromatic heterocycles. The molecule has 0 atom stereocenters. The van der Waals surface area contributed by atoms with E-state index in [0.717, 1.165) is 36.0 Å². The quantitative estimate of drug-likeness (QED) is 0.583. The van der Waals surface area contributed by atoms with Crippen LogP contribution in [0.15, 0.2) is 53.4 Å². The van der Waals surface area contributed by atoms with Gasteiger partial charge in [-0.1, -0.05) is 42.8 Å². The first-order valence-electron chi connectivity index (χ1n) is 11.4. The highest BCUT2D eigenvalue weighted by atomic mass is 32.2. The number of benzene rings is 2. The van der Waals surface area contributed by atoms with Gasteiger partial charge in [0.25, 0.3) is 0 Å². The van der Waals surface area contributed by atoms with Crippen molar-refractivity contribution >= 4 is 15.9 Å². The average Bonchev–Trinajstić information content (AvgIpc) is 2.81. The van der Waals surface area contributed by atoms with E-state index >= 15 is 0 Å². The van der Waals surface area contributed by atoms with Gasteiger partial charge < -0.3 is 10.1 Å². The number of sulfonamides is 1. The second-order valence-electron chi connectivity index (χ2n) is 8.51. The summed E-state index contributed by atoms with van der Waals surface area (Å²) < 4.78 is 32.8. The Morgan fingerprint density at radius 2 is 1.66 bits per heavy atom. The zero-order chi connectivity index (χ0) is 23.0. The third-order valence-corrected chi connectivity index (χ3v) is 7.60. The van der Waals surface area contributed by atoms with E-state index in [1.54, 1.807) is 16.4 Å². The highest BCUT2D eigenvalue weighted by molar-refractivity contribution is 7.89. The fraction of sp³-hybridized carbons (Fsp3) is 0.480. The second-order valence-corrected chi connectivity index (χ2v) is 10.5. The number of carbonyl (C=O) groups excluding carboxylic acids is 1. The first kappa shape index (κ1) is 24.4. The largest absolute Gasteiger partial charge is 0.374 e. The lowest BCUT2D eigenvalue weighted by Crippen LogP contribution is -2.35. The molecule has 1 fully saturated rings. The number of aryl methyl sites for hydroxylation is 1. The standard InChI is InChI=1S/C25H34N2O4S/c1-20(2)31-19-23-9-5-4-8-22(23)18-26-25(28)15-12-21-10-13-24(14-11-21)32(29,30)27-16-6-3-7-17-27/h4-5,8-11,13-14,20H,3,6-7,12,15-19H2,1-2H3,(H,26,28). The molecule has 1 N–H and O–H groups in total. The van der Waals surface area contributed by atoms with Crippen molar-refractivity contribution in [3.63, 3.8) is 0 Å². The summed E-state index contributed by atoms with van der Waals surface area (Å²) in [6.45, 7) is 6.17. The predicted molar refractivity (Wildman–Crippen MR) is 126 cm³/mol. The molecule has 7 heteroatoms. The molecule has 6 nitrogen and oxygen atoms in total. The van der Waals surface area contributed by atoms with Gasteiger partial charge >= 0.3 is 0 Å². The maximum absolute atomic E-state index is 12.7. The number of hydrogen-bond acceptors (Lipinski definition) is 4. The van der Waals surface area contributed by atoms with E-state index in [0.29, 0.717) is 44.0 Å². The predicted octanol–water partition coefficient (Wildman–Crippen LogP) is 4.04. The van der Waals surface area contributed by atoms with E-state index in [9.17, 15) is 13.2 Å². The molecular formula is C25H34N2O4S. The normalized spacial score (nSPS) is 15.1. The van der Waals surface area contributed by atoms with Gasteiger partial charge in [0.05, 0.1) is 17.6 Å². The number of rotatable bonds is 10. The molecule has 0 aliphatic carbocycles. The van der Waals surface area contributed by atoms with Crippen molar-refractivity contribution in [1.82, 2.24) is 9.62 Å². The molecule has 0 spiro atoms. The van der Waals surface area contributed by atoms with Crippen LogP contribution < -0.4 is 5.32 Å². The van der Waals surface area contributed by atoms with Crippen LogP contribution in [-0.4, -0.2) is 37.8 Å². The van der Waals surface area contributed by atoms with Gasteiger partial charge in [-0.25, -0.2) is 8.42 Å². The number of ether oxygens (including phenoxy) is 1. The topological polar surface area (TPSA) is 75.7 Å². The highest BCUT2D eigenvalue weighted by Gasteiger charge is 2.25. The summed E-state index contributed by atoms with van der Waals surface area (Å²) in [6, 6.07) is 14.9. The molecule has 1 saturated heterocycles. The lowest BCUT2D eigenvalue weighted by Gasteiger charge is -2.25. The van der Waals surface area contributed by atoms with E-state index in [1.165, 1.54) is 0 Å². The van der Waals surface area contributed by atoms with Gasteiger partial charge in [0.1, 0.15) is 0 Å². The van der Waals surface area contributed by atoms with Crippen LogP contribution in [0.2, 0.25) is 0 Å². The number of piperidine rings is 1. The van der Waals surface area contributed by atoms with Crippen LogP contribution in [0.4, 0.5) is 0 Å². The lowest BCUT2D eigenvalue weighted by molar-refractivity contribution is -0.121. The number of nitrogens with zero attached hydrogens (tertiary/aromatic N) is 1. The summed E-state index contributed by atoms with van der Waals surface area (Å²) in [7, 11) is -3.42. The first-order valence-corrected chi connectivity index (χ1v) is 12.8. The molecule has 1 amide bonds. The molecule has 1 aliphatic heterocycles. The molecule has 0 unspecified atom stereocenters. The van der Waals surface area contributed by atoms with E-state index in [-0.39, 0.29) is 12.0 Å². The van der Waals surface area contributed by atoms with Crippen molar-refractivity contribution in [1.29, 1.82) is 0 Å². The van der Waals surface area contributed by atoms with E-state index in [2.05, 4.69) is 5.32 Å². The minimum atomic E-state index is -3.42. The van der Waals surface area contributed by atoms with Crippen LogP contribution in [0.25, 0.3) is 0 Å². The van der Waals surface area contributed by atoms with Gasteiger partial charge in [0, 0.05) is 26.1 Å². The Kier molecular flexibility index (Phi) is 8.84. The molecule has 2 aromatic carbocycles. The van der Waals surface area contributed by atoms with Crippen molar-refractivity contribution in [3.8, 4) is 0 Å².